The summed E-state index contributed by atoms with van der Waals surface area (Å²) in [5.41, 5.74) is 1.74. The number of amides is 1. The Morgan fingerprint density at radius 2 is 2.29 bits per heavy atom. The molecule has 0 aromatic carbocycles. The van der Waals surface area contributed by atoms with Crippen LogP contribution in [0.4, 0.5) is 0 Å². The number of hydrogen-bond acceptors (Lipinski definition) is 6. The number of hydrogen-bond donors (Lipinski definition) is 0. The molecule has 0 saturated carbocycles. The largest absolute Gasteiger partial charge is 0.459 e. The number of ether oxygens (including phenoxy) is 1. The Balaban J connectivity index is 1.67. The third kappa shape index (κ3) is 3.82. The van der Waals surface area contributed by atoms with Crippen LogP contribution in [-0.2, 0) is 24.4 Å². The van der Waals surface area contributed by atoms with Crippen LogP contribution in [0.3, 0.4) is 0 Å². The quantitative estimate of drug-likeness (QED) is 0.734. The fraction of sp³-hybridized carbons (Fsp3) is 0.562. The first kappa shape index (κ1) is 16.7. The third-order valence-corrected chi connectivity index (χ3v) is 4.00. The maximum atomic E-state index is 12.5. The van der Waals surface area contributed by atoms with E-state index in [-0.39, 0.29) is 5.91 Å². The number of aromatic nitrogens is 3. The molecule has 2 aromatic rings. The van der Waals surface area contributed by atoms with Gasteiger partial charge in [-0.3, -0.25) is 4.79 Å². The van der Waals surface area contributed by atoms with Crippen molar-refractivity contribution >= 4 is 5.91 Å². The average Bonchev–Trinajstić information content (AvgIpc) is 3.17. The van der Waals surface area contributed by atoms with Crippen molar-refractivity contribution in [1.82, 2.24) is 24.8 Å². The number of nitrogens with zero attached hydrogens (tertiary/aromatic N) is 5. The average molecular weight is 333 g/mol. The van der Waals surface area contributed by atoms with Crippen LogP contribution in [0, 0.1) is 0 Å². The normalized spacial score (nSPS) is 14.7. The zero-order valence-corrected chi connectivity index (χ0v) is 14.1. The number of fused-ring (bicyclic) bond motifs is 1. The lowest BCUT2D eigenvalue weighted by Gasteiger charge is -2.19. The number of rotatable bonds is 6. The lowest BCUT2D eigenvalue weighted by atomic mass is 10.3. The minimum Gasteiger partial charge on any atom is -0.459 e. The van der Waals surface area contributed by atoms with Crippen molar-refractivity contribution in [3.63, 3.8) is 0 Å². The molecule has 0 aliphatic carbocycles. The van der Waals surface area contributed by atoms with Gasteiger partial charge in [0.25, 0.3) is 5.91 Å². The highest BCUT2D eigenvalue weighted by Crippen LogP contribution is 2.18. The number of carbonyl (C=O) groups is 1. The van der Waals surface area contributed by atoms with Gasteiger partial charge >= 0.3 is 0 Å². The third-order valence-electron chi connectivity index (χ3n) is 4.00. The lowest BCUT2D eigenvalue weighted by molar-refractivity contribution is 0.0709. The van der Waals surface area contributed by atoms with Crippen molar-refractivity contribution in [3.8, 4) is 0 Å². The van der Waals surface area contributed by atoms with Crippen LogP contribution in [0.25, 0.3) is 0 Å². The molecule has 8 heteroatoms. The molecule has 2 aromatic heterocycles. The van der Waals surface area contributed by atoms with Crippen LogP contribution in [0.15, 0.2) is 22.8 Å². The number of carbonyl (C=O) groups excluding carboxylic acids is 1. The second kappa shape index (κ2) is 7.59. The lowest BCUT2D eigenvalue weighted by Crippen LogP contribution is -2.30. The van der Waals surface area contributed by atoms with Gasteiger partial charge in [-0.1, -0.05) is 5.21 Å². The molecule has 3 rings (SSSR count). The monoisotopic (exact) mass is 333 g/mol. The van der Waals surface area contributed by atoms with Crippen molar-refractivity contribution in [3.05, 3.63) is 35.5 Å². The summed E-state index contributed by atoms with van der Waals surface area (Å²) < 4.78 is 12.8. The van der Waals surface area contributed by atoms with Crippen molar-refractivity contribution in [2.24, 2.45) is 0 Å². The molecule has 0 spiro atoms. The van der Waals surface area contributed by atoms with Crippen molar-refractivity contribution in [2.45, 2.75) is 26.1 Å². The van der Waals surface area contributed by atoms with Gasteiger partial charge in [-0.2, -0.15) is 0 Å². The van der Waals surface area contributed by atoms with Gasteiger partial charge in [0, 0.05) is 19.6 Å². The fourth-order valence-corrected chi connectivity index (χ4v) is 2.65. The van der Waals surface area contributed by atoms with Gasteiger partial charge in [-0.15, -0.1) is 5.10 Å². The second-order valence-corrected chi connectivity index (χ2v) is 6.12. The van der Waals surface area contributed by atoms with Crippen molar-refractivity contribution < 1.29 is 13.9 Å². The van der Waals surface area contributed by atoms with Gasteiger partial charge in [-0.05, 0) is 32.6 Å². The summed E-state index contributed by atoms with van der Waals surface area (Å²) in [4.78, 5) is 16.4. The first-order chi connectivity index (χ1) is 11.6. The summed E-state index contributed by atoms with van der Waals surface area (Å²) in [7, 11) is 4.01. The van der Waals surface area contributed by atoms with Crippen LogP contribution in [0.5, 0.6) is 0 Å². The SMILES string of the molecule is CN(C)CCOCc1nnn2c1CN(C(=O)c1ccco1)CCC2. The summed E-state index contributed by atoms with van der Waals surface area (Å²) in [5.74, 6) is 0.258. The molecule has 0 N–H and O–H groups in total. The molecule has 1 aliphatic rings. The molecule has 0 bridgehead atoms. The summed E-state index contributed by atoms with van der Waals surface area (Å²) in [6.07, 6.45) is 2.35. The van der Waals surface area contributed by atoms with E-state index in [4.69, 9.17) is 9.15 Å². The Bertz CT molecular complexity index is 665. The van der Waals surface area contributed by atoms with E-state index in [0.717, 1.165) is 30.9 Å². The molecular formula is C16H23N5O3. The van der Waals surface area contributed by atoms with Crippen LogP contribution in [-0.4, -0.2) is 64.5 Å². The minimum absolute atomic E-state index is 0.103. The highest BCUT2D eigenvalue weighted by Gasteiger charge is 2.25. The summed E-state index contributed by atoms with van der Waals surface area (Å²) in [6, 6.07) is 3.41. The van der Waals surface area contributed by atoms with Gasteiger partial charge in [-0.25, -0.2) is 4.68 Å². The van der Waals surface area contributed by atoms with Crippen LogP contribution in [0.2, 0.25) is 0 Å². The maximum absolute atomic E-state index is 12.5. The van der Waals surface area contributed by atoms with Gasteiger partial charge in [0.2, 0.25) is 0 Å². The molecule has 0 atom stereocenters. The molecule has 1 aliphatic heterocycles. The summed E-state index contributed by atoms with van der Waals surface area (Å²) in [5, 5.41) is 8.43. The van der Waals surface area contributed by atoms with Crippen LogP contribution >= 0.6 is 0 Å². The van der Waals surface area contributed by atoms with E-state index in [1.165, 1.54) is 6.26 Å². The molecule has 8 nitrogen and oxygen atoms in total. The number of furan rings is 1. The Morgan fingerprint density at radius 1 is 1.42 bits per heavy atom. The van der Waals surface area contributed by atoms with E-state index in [0.29, 0.717) is 32.1 Å². The van der Waals surface area contributed by atoms with E-state index < -0.39 is 0 Å². The maximum Gasteiger partial charge on any atom is 0.289 e. The van der Waals surface area contributed by atoms with Gasteiger partial charge in [0.15, 0.2) is 5.76 Å². The number of likely N-dealkylation sites (N-methyl/N-ethyl adjacent to an activating group) is 1. The highest BCUT2D eigenvalue weighted by atomic mass is 16.5. The molecule has 1 amide bonds. The molecule has 3 heterocycles. The van der Waals surface area contributed by atoms with E-state index in [1.54, 1.807) is 17.0 Å². The predicted molar refractivity (Wildman–Crippen MR) is 86.3 cm³/mol. The first-order valence-electron chi connectivity index (χ1n) is 8.11. The van der Waals surface area contributed by atoms with E-state index >= 15 is 0 Å². The summed E-state index contributed by atoms with van der Waals surface area (Å²) in [6.45, 7) is 3.79. The molecule has 0 saturated heterocycles. The zero-order chi connectivity index (χ0) is 16.9. The van der Waals surface area contributed by atoms with Gasteiger partial charge < -0.3 is 19.0 Å². The summed E-state index contributed by atoms with van der Waals surface area (Å²) >= 11 is 0. The predicted octanol–water partition coefficient (Wildman–Crippen LogP) is 0.995. The van der Waals surface area contributed by atoms with E-state index in [1.807, 2.05) is 18.8 Å². The smallest absolute Gasteiger partial charge is 0.289 e. The Kier molecular flexibility index (Phi) is 5.27. The van der Waals surface area contributed by atoms with Crippen molar-refractivity contribution in [1.29, 1.82) is 0 Å². The molecule has 24 heavy (non-hydrogen) atoms. The van der Waals surface area contributed by atoms with E-state index in [9.17, 15) is 4.79 Å². The van der Waals surface area contributed by atoms with Gasteiger partial charge in [0.1, 0.15) is 5.69 Å². The topological polar surface area (TPSA) is 76.6 Å². The Hall–Kier alpha value is -2.19. The van der Waals surface area contributed by atoms with Crippen LogP contribution < -0.4 is 0 Å². The Labute approximate surface area is 141 Å². The molecule has 0 fully saturated rings. The first-order valence-corrected chi connectivity index (χ1v) is 8.11. The zero-order valence-electron chi connectivity index (χ0n) is 14.1. The molecule has 130 valence electrons. The van der Waals surface area contributed by atoms with Gasteiger partial charge in [0.05, 0.1) is 31.7 Å². The standard InChI is InChI=1S/C16H23N5O3/c1-19(2)8-10-23-12-13-14-11-20(6-4-7-21(14)18-17-13)16(22)15-5-3-9-24-15/h3,5,9H,4,6-8,10-12H2,1-2H3. The van der Waals surface area contributed by atoms with Crippen molar-refractivity contribution in [2.75, 3.05) is 33.8 Å². The molecule has 0 unspecified atom stereocenters. The Morgan fingerprint density at radius 3 is 3.04 bits per heavy atom. The van der Waals surface area contributed by atoms with Crippen LogP contribution in [0.1, 0.15) is 28.4 Å². The number of aryl methyl sites for hydroxylation is 1. The molecule has 0 radical (unpaired) electrons. The second-order valence-electron chi connectivity index (χ2n) is 6.12. The fourth-order valence-electron chi connectivity index (χ4n) is 2.65. The highest BCUT2D eigenvalue weighted by molar-refractivity contribution is 5.91. The van der Waals surface area contributed by atoms with E-state index in [2.05, 4.69) is 15.2 Å². The molecular weight excluding hydrogens is 310 g/mol. The minimum atomic E-state index is -0.103.